The van der Waals surface area contributed by atoms with Crippen LogP contribution in [0.5, 0.6) is 5.88 Å². The normalized spacial score (nSPS) is 15.6. The second kappa shape index (κ2) is 9.56. The van der Waals surface area contributed by atoms with E-state index in [4.69, 9.17) is 4.74 Å². The van der Waals surface area contributed by atoms with E-state index in [-0.39, 0.29) is 49.4 Å². The van der Waals surface area contributed by atoms with Crippen molar-refractivity contribution in [2.45, 2.75) is 31.2 Å². The van der Waals surface area contributed by atoms with Crippen LogP contribution in [0.2, 0.25) is 0 Å². The molecule has 4 aromatic rings. The quantitative estimate of drug-likeness (QED) is 0.424. The molecule has 0 aliphatic carbocycles. The average Bonchev–Trinajstić information content (AvgIpc) is 3.35. The smallest absolute Gasteiger partial charge is 0.416 e. The number of aromatic nitrogens is 5. The molecular weight excluding hydrogens is 505 g/mol. The summed E-state index contributed by atoms with van der Waals surface area (Å²) in [6.45, 7) is 0.543. The number of alkyl halides is 3. The Hall–Kier alpha value is -4.26. The van der Waals surface area contributed by atoms with Gasteiger partial charge in [-0.2, -0.15) is 18.3 Å². The number of halogens is 3. The second-order valence-electron chi connectivity index (χ2n) is 9.12. The van der Waals surface area contributed by atoms with E-state index >= 15 is 0 Å². The number of pyridine rings is 1. The minimum atomic E-state index is -4.47. The Bertz CT molecular complexity index is 1520. The largest absolute Gasteiger partial charge is 0.481 e. The third kappa shape index (κ3) is 4.84. The number of ether oxygens (including phenoxy) is 1. The summed E-state index contributed by atoms with van der Waals surface area (Å²) in [5.41, 5.74) is -1.56. The number of piperidine rings is 1. The maximum absolute atomic E-state index is 13.1. The molecule has 4 heterocycles. The van der Waals surface area contributed by atoms with Crippen LogP contribution in [0, 0.1) is 0 Å². The fourth-order valence-corrected chi connectivity index (χ4v) is 4.45. The Labute approximate surface area is 213 Å². The van der Waals surface area contributed by atoms with Crippen molar-refractivity contribution in [3.05, 3.63) is 76.6 Å². The summed E-state index contributed by atoms with van der Waals surface area (Å²) in [6, 6.07) is 7.59. The lowest BCUT2D eigenvalue weighted by molar-refractivity contribution is -0.137. The number of benzene rings is 1. The lowest BCUT2D eigenvalue weighted by atomic mass is 9.91. The third-order valence-electron chi connectivity index (χ3n) is 6.63. The topological polar surface area (TPSA) is 115 Å². The number of nitrogens with zero attached hydrogens (tertiary/aromatic N) is 6. The Balaban J connectivity index is 1.30. The van der Waals surface area contributed by atoms with Crippen LogP contribution in [-0.2, 0) is 12.7 Å². The minimum Gasteiger partial charge on any atom is -0.481 e. The zero-order valence-corrected chi connectivity index (χ0v) is 20.2. The number of likely N-dealkylation sites (tertiary alicyclic amines) is 1. The van der Waals surface area contributed by atoms with E-state index in [0.717, 1.165) is 12.1 Å². The van der Waals surface area contributed by atoms with E-state index in [0.29, 0.717) is 17.1 Å². The minimum absolute atomic E-state index is 0.0354. The van der Waals surface area contributed by atoms with Gasteiger partial charge in [-0.3, -0.25) is 14.2 Å². The van der Waals surface area contributed by atoms with Gasteiger partial charge in [0, 0.05) is 25.4 Å². The first kappa shape index (κ1) is 25.4. The molecule has 13 heteroatoms. The van der Waals surface area contributed by atoms with E-state index in [1.165, 1.54) is 47.2 Å². The number of methoxy groups -OCH3 is 1. The SMILES string of the molecule is COc1ccc(C(=O)N2CCC(O)(Cn3cnc4c(cnn4-c4ccc(C(F)(F)F)cc4)c3=O)CC2)cn1. The van der Waals surface area contributed by atoms with Gasteiger partial charge < -0.3 is 14.7 Å². The van der Waals surface area contributed by atoms with Crippen molar-refractivity contribution in [1.29, 1.82) is 0 Å². The van der Waals surface area contributed by atoms with Crippen LogP contribution < -0.4 is 10.3 Å². The number of carbonyl (C=O) groups is 1. The molecule has 1 N–H and O–H groups in total. The molecule has 1 aromatic carbocycles. The predicted molar refractivity (Wildman–Crippen MR) is 129 cm³/mol. The molecular formula is C25H23F3N6O4. The molecule has 10 nitrogen and oxygen atoms in total. The molecule has 0 radical (unpaired) electrons. The first-order valence-electron chi connectivity index (χ1n) is 11.7. The highest BCUT2D eigenvalue weighted by Gasteiger charge is 2.35. The fraction of sp³-hybridized carbons (Fsp3) is 0.320. The van der Waals surface area contributed by atoms with Crippen LogP contribution in [0.3, 0.4) is 0 Å². The Morgan fingerprint density at radius 3 is 2.39 bits per heavy atom. The lowest BCUT2D eigenvalue weighted by Crippen LogP contribution is -2.49. The molecule has 1 saturated heterocycles. The Morgan fingerprint density at radius 1 is 1.08 bits per heavy atom. The van der Waals surface area contributed by atoms with Gasteiger partial charge in [0.1, 0.15) is 11.7 Å². The molecule has 198 valence electrons. The van der Waals surface area contributed by atoms with Gasteiger partial charge >= 0.3 is 6.18 Å². The summed E-state index contributed by atoms with van der Waals surface area (Å²) in [5, 5.41) is 15.5. The van der Waals surface area contributed by atoms with Crippen molar-refractivity contribution in [1.82, 2.24) is 29.2 Å². The molecule has 0 unspecified atom stereocenters. The van der Waals surface area contributed by atoms with E-state index in [2.05, 4.69) is 15.1 Å². The van der Waals surface area contributed by atoms with Crippen molar-refractivity contribution in [2.24, 2.45) is 0 Å². The summed E-state index contributed by atoms with van der Waals surface area (Å²) in [6.07, 6.45) is 0.0499. The first-order chi connectivity index (χ1) is 18.1. The van der Waals surface area contributed by atoms with E-state index < -0.39 is 22.9 Å². The fourth-order valence-electron chi connectivity index (χ4n) is 4.45. The van der Waals surface area contributed by atoms with Crippen LogP contribution in [0.15, 0.2) is 59.9 Å². The van der Waals surface area contributed by atoms with Crippen LogP contribution in [0.1, 0.15) is 28.8 Å². The first-order valence-corrected chi connectivity index (χ1v) is 11.7. The summed E-state index contributed by atoms with van der Waals surface area (Å²) in [4.78, 5) is 35.9. The van der Waals surface area contributed by atoms with Gasteiger partial charge in [0.25, 0.3) is 11.5 Å². The van der Waals surface area contributed by atoms with Crippen LogP contribution in [-0.4, -0.2) is 66.0 Å². The number of fused-ring (bicyclic) bond motifs is 1. The predicted octanol–water partition coefficient (Wildman–Crippen LogP) is 2.67. The molecule has 0 spiro atoms. The summed E-state index contributed by atoms with van der Waals surface area (Å²) in [5.74, 6) is 0.189. The van der Waals surface area contributed by atoms with Crippen LogP contribution >= 0.6 is 0 Å². The lowest BCUT2D eigenvalue weighted by Gasteiger charge is -2.38. The number of hydrogen-bond acceptors (Lipinski definition) is 7. The summed E-state index contributed by atoms with van der Waals surface area (Å²) in [7, 11) is 1.49. The summed E-state index contributed by atoms with van der Waals surface area (Å²) >= 11 is 0. The number of rotatable bonds is 5. The molecule has 1 aliphatic rings. The number of hydrogen-bond donors (Lipinski definition) is 1. The zero-order chi connectivity index (χ0) is 27.1. The van der Waals surface area contributed by atoms with Crippen molar-refractivity contribution in [3.8, 4) is 11.6 Å². The van der Waals surface area contributed by atoms with Gasteiger partial charge in [-0.1, -0.05) is 0 Å². The molecule has 1 aliphatic heterocycles. The molecule has 0 bridgehead atoms. The van der Waals surface area contributed by atoms with E-state index in [9.17, 15) is 27.9 Å². The van der Waals surface area contributed by atoms with Crippen LogP contribution in [0.25, 0.3) is 16.7 Å². The van der Waals surface area contributed by atoms with Gasteiger partial charge in [-0.15, -0.1) is 0 Å². The molecule has 1 fully saturated rings. The molecule has 0 saturated carbocycles. The number of amides is 1. The van der Waals surface area contributed by atoms with Crippen molar-refractivity contribution in [2.75, 3.05) is 20.2 Å². The highest BCUT2D eigenvalue weighted by molar-refractivity contribution is 5.94. The van der Waals surface area contributed by atoms with Crippen molar-refractivity contribution >= 4 is 16.9 Å². The van der Waals surface area contributed by atoms with Crippen LogP contribution in [0.4, 0.5) is 13.2 Å². The van der Waals surface area contributed by atoms with E-state index in [1.54, 1.807) is 17.0 Å². The molecule has 38 heavy (non-hydrogen) atoms. The van der Waals surface area contributed by atoms with Gasteiger partial charge in [0.2, 0.25) is 5.88 Å². The standard InChI is InChI=1S/C25H23F3N6O4/c1-38-20-7-2-16(12-29-20)22(35)32-10-8-24(37,9-11-32)14-33-15-30-21-19(23(33)36)13-31-34(21)18-5-3-17(4-6-18)25(26,27)28/h2-7,12-13,15,37H,8-11,14H2,1H3. The molecule has 1 amide bonds. The van der Waals surface area contributed by atoms with Crippen molar-refractivity contribution < 1.29 is 27.8 Å². The van der Waals surface area contributed by atoms with Gasteiger partial charge in [-0.05, 0) is 43.2 Å². The van der Waals surface area contributed by atoms with Gasteiger partial charge in [-0.25, -0.2) is 14.6 Å². The van der Waals surface area contributed by atoms with Crippen molar-refractivity contribution in [3.63, 3.8) is 0 Å². The number of carbonyl (C=O) groups excluding carboxylic acids is 1. The second-order valence-corrected chi connectivity index (χ2v) is 9.12. The maximum atomic E-state index is 13.1. The van der Waals surface area contributed by atoms with Gasteiger partial charge in [0.05, 0.1) is 42.3 Å². The zero-order valence-electron chi connectivity index (χ0n) is 20.2. The number of aliphatic hydroxyl groups is 1. The van der Waals surface area contributed by atoms with Gasteiger partial charge in [0.15, 0.2) is 5.65 Å². The molecule has 5 rings (SSSR count). The third-order valence-corrected chi connectivity index (χ3v) is 6.63. The highest BCUT2D eigenvalue weighted by Crippen LogP contribution is 2.30. The molecule has 0 atom stereocenters. The molecule has 3 aromatic heterocycles. The Kier molecular flexibility index (Phi) is 6.39. The monoisotopic (exact) mass is 528 g/mol. The van der Waals surface area contributed by atoms with E-state index in [1.807, 2.05) is 0 Å². The highest BCUT2D eigenvalue weighted by atomic mass is 19.4. The summed E-state index contributed by atoms with van der Waals surface area (Å²) < 4.78 is 46.2. The average molecular weight is 528 g/mol. The maximum Gasteiger partial charge on any atom is 0.416 e. The Morgan fingerprint density at radius 2 is 1.79 bits per heavy atom.